The highest BCUT2D eigenvalue weighted by atomic mass is 16.5. The molecule has 0 spiro atoms. The van der Waals surface area contributed by atoms with Gasteiger partial charge in [0.1, 0.15) is 17.5 Å². The van der Waals surface area contributed by atoms with E-state index in [4.69, 9.17) is 15.2 Å². The normalized spacial score (nSPS) is 10.1. The summed E-state index contributed by atoms with van der Waals surface area (Å²) in [6, 6.07) is 7.74. The molecule has 5 heteroatoms. The maximum Gasteiger partial charge on any atom is 0.161 e. The van der Waals surface area contributed by atoms with Gasteiger partial charge in [0.25, 0.3) is 0 Å². The number of benzene rings is 1. The minimum Gasteiger partial charge on any atom is -0.493 e. The molecule has 0 amide bonds. The zero-order valence-corrected chi connectivity index (χ0v) is 13.2. The molecule has 1 aromatic carbocycles. The number of hydrogen-bond acceptors (Lipinski definition) is 5. The van der Waals surface area contributed by atoms with Crippen molar-refractivity contribution in [2.24, 2.45) is 0 Å². The number of nitrogen functional groups attached to an aromatic ring is 1. The Morgan fingerprint density at radius 1 is 1.23 bits per heavy atom. The fourth-order valence-electron chi connectivity index (χ4n) is 2.62. The lowest BCUT2D eigenvalue weighted by molar-refractivity contribution is 0.355. The summed E-state index contributed by atoms with van der Waals surface area (Å²) >= 11 is 0. The number of hydrogen-bond donors (Lipinski definition) is 1. The highest BCUT2D eigenvalue weighted by molar-refractivity contribution is 5.80. The molecule has 0 saturated heterocycles. The van der Waals surface area contributed by atoms with Crippen LogP contribution >= 0.6 is 0 Å². The van der Waals surface area contributed by atoms with Gasteiger partial charge in [-0.25, -0.2) is 4.98 Å². The SMILES string of the molecule is CCc1c(C)nc(N)c(C#N)c1-c1ccc(OC)c(OC)c1. The summed E-state index contributed by atoms with van der Waals surface area (Å²) in [5, 5.41) is 9.47. The van der Waals surface area contributed by atoms with Crippen molar-refractivity contribution in [2.45, 2.75) is 20.3 Å². The highest BCUT2D eigenvalue weighted by Crippen LogP contribution is 2.37. The average molecular weight is 297 g/mol. The van der Waals surface area contributed by atoms with Crippen LogP contribution in [0.5, 0.6) is 11.5 Å². The average Bonchev–Trinajstić information content (AvgIpc) is 2.53. The van der Waals surface area contributed by atoms with Crippen LogP contribution in [-0.4, -0.2) is 19.2 Å². The van der Waals surface area contributed by atoms with E-state index >= 15 is 0 Å². The molecule has 1 heterocycles. The third kappa shape index (κ3) is 2.56. The smallest absolute Gasteiger partial charge is 0.161 e. The van der Waals surface area contributed by atoms with Crippen LogP contribution in [0.2, 0.25) is 0 Å². The van der Waals surface area contributed by atoms with Gasteiger partial charge in [-0.15, -0.1) is 0 Å². The Kier molecular flexibility index (Phi) is 4.52. The number of ether oxygens (including phenoxy) is 2. The van der Waals surface area contributed by atoms with E-state index in [-0.39, 0.29) is 5.82 Å². The van der Waals surface area contributed by atoms with Gasteiger partial charge in [-0.2, -0.15) is 5.26 Å². The number of aromatic nitrogens is 1. The van der Waals surface area contributed by atoms with Crippen LogP contribution in [0.4, 0.5) is 5.82 Å². The summed E-state index contributed by atoms with van der Waals surface area (Å²) < 4.78 is 10.6. The first kappa shape index (κ1) is 15.6. The highest BCUT2D eigenvalue weighted by Gasteiger charge is 2.18. The van der Waals surface area contributed by atoms with Gasteiger partial charge < -0.3 is 15.2 Å². The number of pyridine rings is 1. The zero-order chi connectivity index (χ0) is 16.3. The van der Waals surface area contributed by atoms with E-state index in [2.05, 4.69) is 11.1 Å². The van der Waals surface area contributed by atoms with E-state index in [1.54, 1.807) is 14.2 Å². The topological polar surface area (TPSA) is 81.2 Å². The predicted molar refractivity (Wildman–Crippen MR) is 86.0 cm³/mol. The molecule has 5 nitrogen and oxygen atoms in total. The second-order valence-corrected chi connectivity index (χ2v) is 4.85. The van der Waals surface area contributed by atoms with Gasteiger partial charge in [0.2, 0.25) is 0 Å². The van der Waals surface area contributed by atoms with Gasteiger partial charge in [0.15, 0.2) is 11.5 Å². The molecule has 0 bridgehead atoms. The lowest BCUT2D eigenvalue weighted by Crippen LogP contribution is -2.05. The van der Waals surface area contributed by atoms with Crippen molar-refractivity contribution in [3.05, 3.63) is 35.0 Å². The molecule has 0 aliphatic carbocycles. The summed E-state index contributed by atoms with van der Waals surface area (Å²) in [7, 11) is 3.17. The van der Waals surface area contributed by atoms with E-state index in [0.717, 1.165) is 28.8 Å². The lowest BCUT2D eigenvalue weighted by atomic mass is 9.92. The Hall–Kier alpha value is -2.74. The Balaban J connectivity index is 2.79. The fourth-order valence-corrected chi connectivity index (χ4v) is 2.62. The molecule has 0 fully saturated rings. The number of rotatable bonds is 4. The predicted octanol–water partition coefficient (Wildman–Crippen LogP) is 3.09. The monoisotopic (exact) mass is 297 g/mol. The minimum atomic E-state index is 0.252. The van der Waals surface area contributed by atoms with Crippen molar-refractivity contribution >= 4 is 5.82 Å². The fraction of sp³-hybridized carbons (Fsp3) is 0.294. The first-order valence-electron chi connectivity index (χ1n) is 6.98. The van der Waals surface area contributed by atoms with Crippen LogP contribution in [0.15, 0.2) is 18.2 Å². The van der Waals surface area contributed by atoms with Gasteiger partial charge in [0.05, 0.1) is 14.2 Å². The number of methoxy groups -OCH3 is 2. The summed E-state index contributed by atoms with van der Waals surface area (Å²) in [6.45, 7) is 3.94. The van der Waals surface area contributed by atoms with Crippen molar-refractivity contribution in [1.82, 2.24) is 4.98 Å². The van der Waals surface area contributed by atoms with Crippen LogP contribution in [0.25, 0.3) is 11.1 Å². The number of nitrogens with two attached hydrogens (primary N) is 1. The molecule has 0 saturated carbocycles. The van der Waals surface area contributed by atoms with Gasteiger partial charge in [0, 0.05) is 11.3 Å². The first-order valence-corrected chi connectivity index (χ1v) is 6.98. The van der Waals surface area contributed by atoms with Crippen molar-refractivity contribution in [3.63, 3.8) is 0 Å². The van der Waals surface area contributed by atoms with E-state index in [1.807, 2.05) is 32.0 Å². The Bertz CT molecular complexity index is 749. The van der Waals surface area contributed by atoms with Crippen LogP contribution in [0, 0.1) is 18.3 Å². The third-order valence-electron chi connectivity index (χ3n) is 3.67. The van der Waals surface area contributed by atoms with Crippen LogP contribution in [0.3, 0.4) is 0 Å². The summed E-state index contributed by atoms with van der Waals surface area (Å²) in [5.74, 6) is 1.50. The van der Waals surface area contributed by atoms with Crippen molar-refractivity contribution < 1.29 is 9.47 Å². The van der Waals surface area contributed by atoms with E-state index in [0.29, 0.717) is 17.1 Å². The molecule has 2 aromatic rings. The molecule has 22 heavy (non-hydrogen) atoms. The molecule has 0 atom stereocenters. The standard InChI is InChI=1S/C17H19N3O2/c1-5-12-10(2)20-17(19)13(9-18)16(12)11-6-7-14(21-3)15(8-11)22-4/h6-8H,5H2,1-4H3,(H2,19,20). The number of anilines is 1. The van der Waals surface area contributed by atoms with Crippen molar-refractivity contribution in [1.29, 1.82) is 5.26 Å². The quantitative estimate of drug-likeness (QED) is 0.937. The largest absolute Gasteiger partial charge is 0.493 e. The Morgan fingerprint density at radius 3 is 2.45 bits per heavy atom. The van der Waals surface area contributed by atoms with Crippen molar-refractivity contribution in [2.75, 3.05) is 20.0 Å². The Morgan fingerprint density at radius 2 is 1.91 bits per heavy atom. The van der Waals surface area contributed by atoms with Gasteiger partial charge in [-0.3, -0.25) is 0 Å². The maximum atomic E-state index is 9.47. The maximum absolute atomic E-state index is 9.47. The molecule has 114 valence electrons. The third-order valence-corrected chi connectivity index (χ3v) is 3.67. The Labute approximate surface area is 130 Å². The molecule has 1 aromatic heterocycles. The second-order valence-electron chi connectivity index (χ2n) is 4.85. The summed E-state index contributed by atoms with van der Waals surface area (Å²) in [4.78, 5) is 4.28. The molecule has 2 N–H and O–H groups in total. The molecule has 2 rings (SSSR count). The van der Waals surface area contributed by atoms with E-state index in [9.17, 15) is 5.26 Å². The zero-order valence-electron chi connectivity index (χ0n) is 13.2. The van der Waals surface area contributed by atoms with Crippen LogP contribution in [0.1, 0.15) is 23.7 Å². The van der Waals surface area contributed by atoms with Crippen LogP contribution in [-0.2, 0) is 6.42 Å². The number of nitriles is 1. The van der Waals surface area contributed by atoms with Crippen molar-refractivity contribution in [3.8, 4) is 28.7 Å². The molecule has 0 radical (unpaired) electrons. The molecule has 0 aliphatic heterocycles. The number of aryl methyl sites for hydroxylation is 1. The lowest BCUT2D eigenvalue weighted by Gasteiger charge is -2.16. The van der Waals surface area contributed by atoms with Crippen LogP contribution < -0.4 is 15.2 Å². The van der Waals surface area contributed by atoms with Gasteiger partial charge >= 0.3 is 0 Å². The van der Waals surface area contributed by atoms with E-state index in [1.165, 1.54) is 0 Å². The summed E-state index contributed by atoms with van der Waals surface area (Å²) in [6.07, 6.45) is 0.761. The molecular weight excluding hydrogens is 278 g/mol. The molecule has 0 aliphatic rings. The molecular formula is C17H19N3O2. The van der Waals surface area contributed by atoms with E-state index < -0.39 is 0 Å². The summed E-state index contributed by atoms with van der Waals surface area (Å²) in [5.41, 5.74) is 9.86. The number of nitrogens with zero attached hydrogens (tertiary/aromatic N) is 2. The minimum absolute atomic E-state index is 0.252. The van der Waals surface area contributed by atoms with Gasteiger partial charge in [-0.1, -0.05) is 13.0 Å². The first-order chi connectivity index (χ1) is 10.6. The molecule has 0 unspecified atom stereocenters. The van der Waals surface area contributed by atoms with Gasteiger partial charge in [-0.05, 0) is 36.6 Å². The second kappa shape index (κ2) is 6.35.